The lowest BCUT2D eigenvalue weighted by Gasteiger charge is -2.22. The fraction of sp³-hybridized carbons (Fsp3) is 0.429. The summed E-state index contributed by atoms with van der Waals surface area (Å²) in [6.07, 6.45) is 2.71. The van der Waals surface area contributed by atoms with Gasteiger partial charge in [0, 0.05) is 25.2 Å². The summed E-state index contributed by atoms with van der Waals surface area (Å²) in [4.78, 5) is 20.3. The molecule has 1 amide bonds. The molecular formula is C14H16N2O2S. The number of likely N-dealkylation sites (N-methyl/N-ethyl adjacent to an activating group) is 1. The molecule has 3 rings (SSSR count). The maximum atomic E-state index is 12.5. The van der Waals surface area contributed by atoms with Gasteiger partial charge in [-0.25, -0.2) is 4.98 Å². The van der Waals surface area contributed by atoms with E-state index < -0.39 is 0 Å². The van der Waals surface area contributed by atoms with E-state index in [4.69, 9.17) is 4.74 Å². The van der Waals surface area contributed by atoms with Crippen LogP contribution in [0.2, 0.25) is 0 Å². The van der Waals surface area contributed by atoms with Crippen molar-refractivity contribution in [1.82, 2.24) is 9.88 Å². The van der Waals surface area contributed by atoms with Crippen molar-refractivity contribution in [3.8, 4) is 0 Å². The number of nitrogens with zero attached hydrogens (tertiary/aromatic N) is 2. The summed E-state index contributed by atoms with van der Waals surface area (Å²) in [7, 11) is 1.85. The van der Waals surface area contributed by atoms with E-state index in [0.29, 0.717) is 6.61 Å². The van der Waals surface area contributed by atoms with Crippen LogP contribution < -0.4 is 0 Å². The second kappa shape index (κ2) is 4.90. The smallest absolute Gasteiger partial charge is 0.264 e. The van der Waals surface area contributed by atoms with Crippen LogP contribution in [0.1, 0.15) is 21.7 Å². The second-order valence-corrected chi connectivity index (χ2v) is 5.92. The van der Waals surface area contributed by atoms with E-state index in [9.17, 15) is 4.79 Å². The van der Waals surface area contributed by atoms with E-state index in [-0.39, 0.29) is 11.9 Å². The Hall–Kier alpha value is -1.46. The van der Waals surface area contributed by atoms with Crippen LogP contribution >= 0.6 is 11.3 Å². The number of pyridine rings is 1. The molecule has 100 valence electrons. The Labute approximate surface area is 116 Å². The molecule has 19 heavy (non-hydrogen) atoms. The quantitative estimate of drug-likeness (QED) is 0.846. The molecule has 2 aromatic heterocycles. The molecule has 5 heteroatoms. The number of aryl methyl sites for hydroxylation is 1. The maximum absolute atomic E-state index is 12.5. The first kappa shape index (κ1) is 12.6. The number of fused-ring (bicyclic) bond motifs is 1. The van der Waals surface area contributed by atoms with E-state index in [1.54, 1.807) is 11.1 Å². The summed E-state index contributed by atoms with van der Waals surface area (Å²) in [6, 6.07) is 4.13. The maximum Gasteiger partial charge on any atom is 0.264 e. The molecule has 3 heterocycles. The van der Waals surface area contributed by atoms with Crippen molar-refractivity contribution in [2.24, 2.45) is 0 Å². The molecule has 0 aromatic carbocycles. The van der Waals surface area contributed by atoms with Crippen LogP contribution in [0.3, 0.4) is 0 Å². The fourth-order valence-corrected chi connectivity index (χ4v) is 3.40. The molecule has 1 aliphatic heterocycles. The van der Waals surface area contributed by atoms with Crippen LogP contribution in [-0.2, 0) is 4.74 Å². The highest BCUT2D eigenvalue weighted by molar-refractivity contribution is 7.20. The number of rotatable bonds is 2. The number of ether oxygens (including phenoxy) is 1. The van der Waals surface area contributed by atoms with E-state index in [0.717, 1.165) is 33.7 Å². The van der Waals surface area contributed by atoms with Gasteiger partial charge in [0.15, 0.2) is 0 Å². The van der Waals surface area contributed by atoms with Gasteiger partial charge >= 0.3 is 0 Å². The van der Waals surface area contributed by atoms with Crippen molar-refractivity contribution >= 4 is 27.5 Å². The monoisotopic (exact) mass is 276 g/mol. The Bertz CT molecular complexity index is 617. The summed E-state index contributed by atoms with van der Waals surface area (Å²) in [5.74, 6) is 0.0675. The highest BCUT2D eigenvalue weighted by Gasteiger charge is 2.26. The second-order valence-electron chi connectivity index (χ2n) is 4.89. The van der Waals surface area contributed by atoms with E-state index in [1.807, 2.05) is 26.1 Å². The SMILES string of the molecule is Cc1ccnc2sc(C(=O)N(C)C3CCOC3)cc12. The molecule has 4 nitrogen and oxygen atoms in total. The lowest BCUT2D eigenvalue weighted by Crippen LogP contribution is -2.36. The third-order valence-corrected chi connectivity index (χ3v) is 4.67. The molecular weight excluding hydrogens is 260 g/mol. The molecule has 0 bridgehead atoms. The molecule has 0 aliphatic carbocycles. The molecule has 1 fully saturated rings. The molecule has 1 atom stereocenters. The number of carbonyl (C=O) groups is 1. The summed E-state index contributed by atoms with van der Waals surface area (Å²) < 4.78 is 5.34. The number of carbonyl (C=O) groups excluding carboxylic acids is 1. The van der Waals surface area contributed by atoms with Gasteiger partial charge in [0.05, 0.1) is 17.5 Å². The van der Waals surface area contributed by atoms with Gasteiger partial charge < -0.3 is 9.64 Å². The first-order valence-corrected chi connectivity index (χ1v) is 7.18. The van der Waals surface area contributed by atoms with E-state index in [2.05, 4.69) is 4.98 Å². The fourth-order valence-electron chi connectivity index (χ4n) is 2.34. The Morgan fingerprint density at radius 2 is 2.42 bits per heavy atom. The highest BCUT2D eigenvalue weighted by atomic mass is 32.1. The zero-order valence-corrected chi connectivity index (χ0v) is 11.9. The van der Waals surface area contributed by atoms with E-state index >= 15 is 0 Å². The minimum atomic E-state index is 0.0675. The summed E-state index contributed by atoms with van der Waals surface area (Å²) in [6.45, 7) is 3.43. The number of hydrogen-bond acceptors (Lipinski definition) is 4. The molecule has 0 radical (unpaired) electrons. The average molecular weight is 276 g/mol. The summed E-state index contributed by atoms with van der Waals surface area (Å²) in [5.41, 5.74) is 1.16. The van der Waals surface area contributed by atoms with Crippen molar-refractivity contribution in [3.05, 3.63) is 28.8 Å². The van der Waals surface area contributed by atoms with Gasteiger partial charge in [0.1, 0.15) is 4.83 Å². The van der Waals surface area contributed by atoms with Crippen molar-refractivity contribution in [1.29, 1.82) is 0 Å². The summed E-state index contributed by atoms with van der Waals surface area (Å²) in [5, 5.41) is 1.08. The third kappa shape index (κ3) is 2.24. The number of aromatic nitrogens is 1. The molecule has 0 N–H and O–H groups in total. The lowest BCUT2D eigenvalue weighted by molar-refractivity contribution is 0.0716. The molecule has 1 saturated heterocycles. The number of hydrogen-bond donors (Lipinski definition) is 0. The highest BCUT2D eigenvalue weighted by Crippen LogP contribution is 2.27. The molecule has 2 aromatic rings. The van der Waals surface area contributed by atoms with Crippen molar-refractivity contribution in [3.63, 3.8) is 0 Å². The van der Waals surface area contributed by atoms with E-state index in [1.165, 1.54) is 11.3 Å². The summed E-state index contributed by atoms with van der Waals surface area (Å²) >= 11 is 1.46. The van der Waals surface area contributed by atoms with Crippen LogP contribution in [0.5, 0.6) is 0 Å². The number of thiophene rings is 1. The molecule has 1 unspecified atom stereocenters. The van der Waals surface area contributed by atoms with Gasteiger partial charge in [-0.1, -0.05) is 0 Å². The average Bonchev–Trinajstić information content (AvgIpc) is 3.06. The van der Waals surface area contributed by atoms with Gasteiger partial charge in [-0.2, -0.15) is 0 Å². The van der Waals surface area contributed by atoms with Gasteiger partial charge in [-0.15, -0.1) is 11.3 Å². The minimum Gasteiger partial charge on any atom is -0.379 e. The predicted octanol–water partition coefficient (Wildman–Crippen LogP) is 2.47. The molecule has 1 aliphatic rings. The Kier molecular flexibility index (Phi) is 3.24. The zero-order valence-electron chi connectivity index (χ0n) is 11.0. The standard InChI is InChI=1S/C14H16N2O2S/c1-9-3-5-15-13-11(9)7-12(19-13)14(17)16(2)10-4-6-18-8-10/h3,5,7,10H,4,6,8H2,1-2H3. The van der Waals surface area contributed by atoms with Crippen molar-refractivity contribution < 1.29 is 9.53 Å². The molecule has 0 spiro atoms. The van der Waals surface area contributed by atoms with Gasteiger partial charge in [-0.3, -0.25) is 4.79 Å². The first-order valence-electron chi connectivity index (χ1n) is 6.37. The largest absolute Gasteiger partial charge is 0.379 e. The third-order valence-electron chi connectivity index (χ3n) is 3.64. The first-order chi connectivity index (χ1) is 9.16. The minimum absolute atomic E-state index is 0.0675. The Balaban J connectivity index is 1.90. The predicted molar refractivity (Wildman–Crippen MR) is 75.7 cm³/mol. The van der Waals surface area contributed by atoms with Gasteiger partial charge in [0.2, 0.25) is 0 Å². The lowest BCUT2D eigenvalue weighted by atomic mass is 10.2. The molecule has 0 saturated carbocycles. The van der Waals surface area contributed by atoms with Crippen LogP contribution in [0.25, 0.3) is 10.2 Å². The van der Waals surface area contributed by atoms with Crippen molar-refractivity contribution in [2.45, 2.75) is 19.4 Å². The van der Waals surface area contributed by atoms with Crippen LogP contribution in [0.15, 0.2) is 18.3 Å². The Morgan fingerprint density at radius 3 is 3.11 bits per heavy atom. The van der Waals surface area contributed by atoms with Gasteiger partial charge in [0.25, 0.3) is 5.91 Å². The number of amides is 1. The normalized spacial score (nSPS) is 18.9. The topological polar surface area (TPSA) is 42.4 Å². The van der Waals surface area contributed by atoms with Crippen LogP contribution in [-0.4, -0.2) is 42.1 Å². The van der Waals surface area contributed by atoms with Crippen molar-refractivity contribution in [2.75, 3.05) is 20.3 Å². The Morgan fingerprint density at radius 1 is 1.58 bits per heavy atom. The zero-order chi connectivity index (χ0) is 13.4. The van der Waals surface area contributed by atoms with Gasteiger partial charge in [-0.05, 0) is 31.0 Å². The van der Waals surface area contributed by atoms with Crippen LogP contribution in [0, 0.1) is 6.92 Å². The van der Waals surface area contributed by atoms with Crippen LogP contribution in [0.4, 0.5) is 0 Å².